The number of aryl methyl sites for hydroxylation is 1. The second kappa shape index (κ2) is 35.1. The van der Waals surface area contributed by atoms with E-state index < -0.39 is 6.10 Å². The van der Waals surface area contributed by atoms with Gasteiger partial charge in [0, 0.05) is 18.6 Å². The minimum atomic E-state index is -0.601. The highest BCUT2D eigenvalue weighted by Crippen LogP contribution is 2.14. The Morgan fingerprint density at radius 3 is 1.50 bits per heavy atom. The van der Waals surface area contributed by atoms with Crippen molar-refractivity contribution >= 4 is 0 Å². The minimum absolute atomic E-state index is 0. The molecule has 1 aromatic heterocycles. The van der Waals surface area contributed by atoms with Gasteiger partial charge in [0.15, 0.2) is 12.4 Å². The van der Waals surface area contributed by atoms with E-state index in [1.165, 1.54) is 154 Å². The molecular weight excluding hydrogens is 608 g/mol. The van der Waals surface area contributed by atoms with Crippen LogP contribution in [0.3, 0.4) is 0 Å². The average molecular weight is 682 g/mol. The number of halogens is 1. The number of hydrogen-bond donors (Lipinski definition) is 3. The highest BCUT2D eigenvalue weighted by atomic mass is 79.9. The lowest BCUT2D eigenvalue weighted by atomic mass is 10.0. The van der Waals surface area contributed by atoms with Crippen LogP contribution in [0.1, 0.15) is 174 Å². The zero-order chi connectivity index (χ0) is 30.9. The highest BCUT2D eigenvalue weighted by Gasteiger charge is 2.14. The lowest BCUT2D eigenvalue weighted by molar-refractivity contribution is -0.697. The van der Waals surface area contributed by atoms with Crippen molar-refractivity contribution < 1.29 is 31.8 Å². The van der Waals surface area contributed by atoms with Crippen molar-refractivity contribution in [1.29, 1.82) is 0 Å². The summed E-state index contributed by atoms with van der Waals surface area (Å²) in [5.74, 6) is 0. The van der Waals surface area contributed by atoms with Crippen LogP contribution in [0.15, 0.2) is 42.7 Å². The molecule has 258 valence electrons. The zero-order valence-corrected chi connectivity index (χ0v) is 30.5. The first-order chi connectivity index (χ1) is 21.3. The molecule has 1 heterocycles. The van der Waals surface area contributed by atoms with Crippen LogP contribution >= 0.6 is 0 Å². The number of hydrogen-bond acceptors (Lipinski definition) is 3. The molecule has 0 fully saturated rings. The molecule has 0 unspecified atom stereocenters. The summed E-state index contributed by atoms with van der Waals surface area (Å²) >= 11 is 0. The largest absolute Gasteiger partial charge is 1.00 e. The van der Waals surface area contributed by atoms with Crippen LogP contribution in [0.5, 0.6) is 0 Å². The van der Waals surface area contributed by atoms with Crippen LogP contribution in [0, 0.1) is 0 Å². The maximum absolute atomic E-state index is 10.4. The molecule has 1 aromatic rings. The summed E-state index contributed by atoms with van der Waals surface area (Å²) in [7, 11) is 0. The maximum Gasteiger partial charge on any atom is 0.168 e. The number of aromatic nitrogens is 1. The summed E-state index contributed by atoms with van der Waals surface area (Å²) in [5.41, 5.74) is 0. The van der Waals surface area contributed by atoms with E-state index in [-0.39, 0.29) is 29.6 Å². The first kappa shape index (κ1) is 43.2. The predicted molar refractivity (Wildman–Crippen MR) is 186 cm³/mol. The molecule has 0 aliphatic rings. The molecule has 3 N–H and O–H groups in total. The first-order valence-corrected chi connectivity index (χ1v) is 18.9. The van der Waals surface area contributed by atoms with Gasteiger partial charge in [0.05, 0.1) is 18.8 Å². The Morgan fingerprint density at radius 2 is 1.02 bits per heavy atom. The Balaban J connectivity index is 0.0000185. The first-order valence-electron chi connectivity index (χ1n) is 18.9. The number of allylic oxidation sites excluding steroid dienone is 1. The second-order valence-corrected chi connectivity index (χ2v) is 13.0. The standard InChI is InChI=1S/C39H73N2O2.BrH/c1-2-3-4-5-6-7-8-11-14-17-20-23-27-32-39(43)38(37-42)40-33-28-24-21-18-15-12-9-10-13-16-19-22-25-29-34-41-35-30-26-31-36-41;/h26-27,30-32,35-36,38-40,42-43H,2-25,28-29,33-34,37H2,1H3;1H/q+1;/p-1/b32-27+;/t38-,39-;/m0./s1. The van der Waals surface area contributed by atoms with Crippen LogP contribution in [0.2, 0.25) is 0 Å². The summed E-state index contributed by atoms with van der Waals surface area (Å²) in [4.78, 5) is 0. The normalized spacial score (nSPS) is 12.9. The van der Waals surface area contributed by atoms with E-state index in [4.69, 9.17) is 0 Å². The van der Waals surface area contributed by atoms with Crippen molar-refractivity contribution in [3.63, 3.8) is 0 Å². The smallest absolute Gasteiger partial charge is 0.168 e. The number of unbranched alkanes of at least 4 members (excludes halogenated alkanes) is 24. The molecule has 44 heavy (non-hydrogen) atoms. The van der Waals surface area contributed by atoms with Crippen molar-refractivity contribution in [2.45, 2.75) is 193 Å². The third-order valence-corrected chi connectivity index (χ3v) is 8.94. The Kier molecular flexibility index (Phi) is 34.5. The Labute approximate surface area is 284 Å². The topological polar surface area (TPSA) is 56.4 Å². The van der Waals surface area contributed by atoms with E-state index in [2.05, 4.69) is 53.5 Å². The van der Waals surface area contributed by atoms with E-state index in [1.807, 2.05) is 6.08 Å². The molecule has 0 amide bonds. The molecular formula is C39H73BrN2O2. The van der Waals surface area contributed by atoms with Gasteiger partial charge in [0.2, 0.25) is 0 Å². The Bertz CT molecular complexity index is 703. The van der Waals surface area contributed by atoms with Crippen LogP contribution in [-0.4, -0.2) is 35.5 Å². The summed E-state index contributed by atoms with van der Waals surface area (Å²) in [6, 6.07) is 6.05. The van der Waals surface area contributed by atoms with Crippen molar-refractivity contribution in [1.82, 2.24) is 5.32 Å². The number of nitrogens with zero attached hydrogens (tertiary/aromatic N) is 1. The van der Waals surface area contributed by atoms with E-state index in [0.717, 1.165) is 25.9 Å². The Hall–Kier alpha value is -0.750. The van der Waals surface area contributed by atoms with Crippen LogP contribution in [-0.2, 0) is 6.54 Å². The van der Waals surface area contributed by atoms with Gasteiger partial charge in [-0.25, -0.2) is 4.57 Å². The average Bonchev–Trinajstić information content (AvgIpc) is 3.03. The van der Waals surface area contributed by atoms with Gasteiger partial charge in [-0.1, -0.05) is 160 Å². The van der Waals surface area contributed by atoms with E-state index in [9.17, 15) is 10.2 Å². The highest BCUT2D eigenvalue weighted by molar-refractivity contribution is 4.94. The lowest BCUT2D eigenvalue weighted by Gasteiger charge is -2.19. The quantitative estimate of drug-likeness (QED) is 0.0425. The van der Waals surface area contributed by atoms with Gasteiger partial charge < -0.3 is 32.5 Å². The molecule has 0 aromatic carbocycles. The summed E-state index contributed by atoms with van der Waals surface area (Å²) in [6.45, 7) is 4.29. The van der Waals surface area contributed by atoms with Crippen LogP contribution in [0.4, 0.5) is 0 Å². The fourth-order valence-electron chi connectivity index (χ4n) is 6.00. The van der Waals surface area contributed by atoms with Gasteiger partial charge in [-0.3, -0.25) is 0 Å². The van der Waals surface area contributed by atoms with Gasteiger partial charge in [-0.15, -0.1) is 0 Å². The third kappa shape index (κ3) is 28.7. The fraction of sp³-hybridized carbons (Fsp3) is 0.821. The summed E-state index contributed by atoms with van der Waals surface area (Å²) < 4.78 is 2.29. The van der Waals surface area contributed by atoms with E-state index in [1.54, 1.807) is 0 Å². The third-order valence-electron chi connectivity index (χ3n) is 8.94. The van der Waals surface area contributed by atoms with Crippen LogP contribution < -0.4 is 26.9 Å². The van der Waals surface area contributed by atoms with E-state index in [0.29, 0.717) is 0 Å². The molecule has 0 saturated carbocycles. The number of nitrogens with one attached hydrogen (secondary N) is 1. The monoisotopic (exact) mass is 680 g/mol. The van der Waals surface area contributed by atoms with Crippen molar-refractivity contribution in [3.8, 4) is 0 Å². The van der Waals surface area contributed by atoms with E-state index >= 15 is 0 Å². The van der Waals surface area contributed by atoms with Gasteiger partial charge in [-0.05, 0) is 32.2 Å². The van der Waals surface area contributed by atoms with Crippen molar-refractivity contribution in [2.24, 2.45) is 0 Å². The molecule has 0 bridgehead atoms. The molecule has 2 atom stereocenters. The molecule has 4 nitrogen and oxygen atoms in total. The van der Waals surface area contributed by atoms with Crippen LogP contribution in [0.25, 0.3) is 0 Å². The number of pyridine rings is 1. The van der Waals surface area contributed by atoms with Gasteiger partial charge in [0.25, 0.3) is 0 Å². The minimum Gasteiger partial charge on any atom is -1.00 e. The molecule has 0 radical (unpaired) electrons. The number of aliphatic hydroxyl groups is 2. The number of rotatable bonds is 33. The number of aliphatic hydroxyl groups excluding tert-OH is 2. The lowest BCUT2D eigenvalue weighted by Crippen LogP contribution is -3.00. The molecule has 0 saturated heterocycles. The second-order valence-electron chi connectivity index (χ2n) is 13.0. The maximum atomic E-state index is 10.4. The summed E-state index contributed by atoms with van der Waals surface area (Å²) in [6.07, 6.45) is 42.5. The van der Waals surface area contributed by atoms with Crippen molar-refractivity contribution in [2.75, 3.05) is 13.2 Å². The predicted octanol–water partition coefficient (Wildman–Crippen LogP) is 7.01. The molecule has 1 rings (SSSR count). The van der Waals surface area contributed by atoms with Crippen molar-refractivity contribution in [3.05, 3.63) is 42.7 Å². The summed E-state index contributed by atoms with van der Waals surface area (Å²) in [5, 5.41) is 23.5. The van der Waals surface area contributed by atoms with Gasteiger partial charge in [-0.2, -0.15) is 0 Å². The Morgan fingerprint density at radius 1 is 0.591 bits per heavy atom. The van der Waals surface area contributed by atoms with Gasteiger partial charge >= 0.3 is 0 Å². The van der Waals surface area contributed by atoms with Gasteiger partial charge in [0.1, 0.15) is 6.54 Å². The molecule has 0 aliphatic carbocycles. The fourth-order valence-corrected chi connectivity index (χ4v) is 6.00. The molecule has 0 spiro atoms. The SMILES string of the molecule is CCCCCCCCCCCCC/C=C/[C@H](O)[C@H](CO)NCCCCCCCCCCCCCCCC[n+]1ccccc1.[Br-]. The molecule has 5 heteroatoms. The zero-order valence-electron chi connectivity index (χ0n) is 28.9. The molecule has 0 aliphatic heterocycles.